The second-order valence-corrected chi connectivity index (χ2v) is 44.1. The summed E-state index contributed by atoms with van der Waals surface area (Å²) >= 11 is 0. The first-order valence-corrected chi connectivity index (χ1v) is 37.0. The van der Waals surface area contributed by atoms with Crippen molar-refractivity contribution in [3.8, 4) is 11.1 Å². The van der Waals surface area contributed by atoms with Crippen LogP contribution < -0.4 is 0 Å². The zero-order chi connectivity index (χ0) is 75.7. The Morgan fingerprint density at radius 1 is 0.146 bits per heavy atom. The Morgan fingerprint density at radius 3 is 0.615 bits per heavy atom. The summed E-state index contributed by atoms with van der Waals surface area (Å²) in [4.78, 5) is 0. The zero-order valence-electron chi connectivity index (χ0n) is 72.0. The normalized spacial score (nSPS) is 13.7. The average Bonchev–Trinajstić information content (AvgIpc) is 0.772. The molecule has 0 heterocycles. The molecule has 0 saturated carbocycles. The smallest absolute Gasteiger partial charge is 0.0123 e. The molecule has 0 spiro atoms. The van der Waals surface area contributed by atoms with Crippen LogP contribution in [0.4, 0.5) is 0 Å². The van der Waals surface area contributed by atoms with Gasteiger partial charge in [-0.1, -0.05) is 427 Å². The third-order valence-electron chi connectivity index (χ3n) is 18.6. The fraction of sp³-hybridized carbons (Fsp3) is 0.625. The van der Waals surface area contributed by atoms with Gasteiger partial charge in [-0.3, -0.25) is 0 Å². The molecule has 0 saturated heterocycles. The van der Waals surface area contributed by atoms with E-state index in [9.17, 15) is 0 Å². The molecule has 0 atom stereocenters. The molecule has 538 valence electrons. The van der Waals surface area contributed by atoms with Crippen molar-refractivity contribution >= 4 is 0 Å². The van der Waals surface area contributed by atoms with Gasteiger partial charge >= 0.3 is 0 Å². The van der Waals surface area contributed by atoms with E-state index in [4.69, 9.17) is 0 Å². The molecule has 0 aliphatic heterocycles. The van der Waals surface area contributed by atoms with E-state index in [0.717, 1.165) is 0 Å². The van der Waals surface area contributed by atoms with E-state index < -0.39 is 0 Å². The average molecular weight is 1310 g/mol. The van der Waals surface area contributed by atoms with E-state index in [1.165, 1.54) is 89.0 Å². The topological polar surface area (TPSA) is 0 Å². The maximum atomic E-state index is 2.47. The highest BCUT2D eigenvalue weighted by Crippen LogP contribution is 2.46. The summed E-state index contributed by atoms with van der Waals surface area (Å²) in [6.07, 6.45) is 0. The van der Waals surface area contributed by atoms with E-state index in [2.05, 4.69) is 427 Å². The lowest BCUT2D eigenvalue weighted by Crippen LogP contribution is -2.29. The molecule has 0 amide bonds. The van der Waals surface area contributed by atoms with Crippen LogP contribution in [0.15, 0.2) is 115 Å². The van der Waals surface area contributed by atoms with Crippen LogP contribution in [-0.2, 0) is 81.2 Å². The Kier molecular flexibility index (Phi) is 27.2. The van der Waals surface area contributed by atoms with Gasteiger partial charge < -0.3 is 0 Å². The lowest BCUT2D eigenvalue weighted by Gasteiger charge is -2.38. The molecule has 6 aromatic rings. The van der Waals surface area contributed by atoms with Gasteiger partial charge in [0.15, 0.2) is 0 Å². The molecule has 0 unspecified atom stereocenters. The summed E-state index contributed by atoms with van der Waals surface area (Å²) in [5.41, 5.74) is 27.6. The van der Waals surface area contributed by atoms with Crippen molar-refractivity contribution in [1.29, 1.82) is 0 Å². The molecule has 0 aromatic heterocycles. The standard InChI is InChI=1S/C22H38.C20H26.3C18H30/c1-19(2,3)15-13-16(20(4,5)6)18(22(10,11)12)17(14-15)21(7,8)9;1-19(2,3)17-14-10-13-16(18(17)20(4,5)6)15-11-8-7-9-12-15;1-16(2,3)13-10-14(17(4,5)6)12-15(11-13)18(7,8)9;2*1-16(2,3)13-10-11-14(17(4,5)6)15(12-13)18(7,8)9/h13-14H,1-12H3;7-14H,1-6H3;3*10-12H,1-9H3. The highest BCUT2D eigenvalue weighted by atomic mass is 14.4. The van der Waals surface area contributed by atoms with Crippen LogP contribution in [0.1, 0.15) is 395 Å². The minimum Gasteiger partial charge on any atom is -0.0622 e. The fourth-order valence-corrected chi connectivity index (χ4v) is 12.4. The highest BCUT2D eigenvalue weighted by molar-refractivity contribution is 5.71. The van der Waals surface area contributed by atoms with E-state index in [1.54, 1.807) is 5.56 Å². The van der Waals surface area contributed by atoms with Crippen LogP contribution in [0.25, 0.3) is 11.1 Å². The summed E-state index contributed by atoms with van der Waals surface area (Å²) in [6, 6.07) is 43.6. The third kappa shape index (κ3) is 25.5. The molecule has 96 heavy (non-hydrogen) atoms. The second-order valence-electron chi connectivity index (χ2n) is 44.1. The first kappa shape index (κ1) is 87.4. The van der Waals surface area contributed by atoms with Crippen molar-refractivity contribution in [2.24, 2.45) is 0 Å². The van der Waals surface area contributed by atoms with Gasteiger partial charge in [0.2, 0.25) is 0 Å². The first-order valence-electron chi connectivity index (χ1n) is 37.0. The lowest BCUT2D eigenvalue weighted by atomic mass is 9.66. The number of hydrogen-bond donors (Lipinski definition) is 0. The summed E-state index contributed by atoms with van der Waals surface area (Å²) in [7, 11) is 0. The second kappa shape index (κ2) is 29.9. The van der Waals surface area contributed by atoms with Crippen LogP contribution in [0.5, 0.6) is 0 Å². The maximum Gasteiger partial charge on any atom is -0.0123 e. The molecule has 0 N–H and O–H groups in total. The van der Waals surface area contributed by atoms with Gasteiger partial charge in [0.1, 0.15) is 0 Å². The van der Waals surface area contributed by atoms with E-state index >= 15 is 0 Å². The van der Waals surface area contributed by atoms with E-state index in [-0.39, 0.29) is 81.2 Å². The third-order valence-corrected chi connectivity index (χ3v) is 18.6. The number of benzene rings is 6. The van der Waals surface area contributed by atoms with Crippen molar-refractivity contribution in [3.63, 3.8) is 0 Å². The fourth-order valence-electron chi connectivity index (χ4n) is 12.4. The van der Waals surface area contributed by atoms with Gasteiger partial charge in [-0.05, 0) is 176 Å². The molecule has 0 aliphatic rings. The predicted molar refractivity (Wildman–Crippen MR) is 438 cm³/mol. The minimum absolute atomic E-state index is 0.134. The summed E-state index contributed by atoms with van der Waals surface area (Å²) in [5, 5.41) is 0. The van der Waals surface area contributed by atoms with E-state index in [0.29, 0.717) is 0 Å². The Bertz CT molecular complexity index is 3250. The molecule has 6 aromatic carbocycles. The van der Waals surface area contributed by atoms with Gasteiger partial charge in [0, 0.05) is 0 Å². The molecule has 6 rings (SSSR count). The Balaban J connectivity index is 0.000000409. The van der Waals surface area contributed by atoms with Gasteiger partial charge in [-0.15, -0.1) is 0 Å². The lowest BCUT2D eigenvalue weighted by molar-refractivity contribution is 0.490. The molecule has 0 bridgehead atoms. The largest absolute Gasteiger partial charge is 0.0622 e. The number of rotatable bonds is 1. The van der Waals surface area contributed by atoms with Gasteiger partial charge in [-0.2, -0.15) is 0 Å². The molecule has 0 heteroatoms. The SMILES string of the molecule is CC(C)(C)c1cc(C(C)(C)C)c(C(C)(C)C)c(C(C)(C)C)c1.CC(C)(C)c1cc(C(C)(C)C)cc(C(C)(C)C)c1.CC(C)(C)c1ccc(C(C)(C)C)c(C(C)(C)C)c1.CC(C)(C)c1ccc(C(C)(C)C)c(C(C)(C)C)c1.CC(C)(C)c1cccc(-c2ccccc2)c1C(C)(C)C. The zero-order valence-corrected chi connectivity index (χ0v) is 72.0. The molecule has 0 nitrogen and oxygen atoms in total. The van der Waals surface area contributed by atoms with Crippen LogP contribution in [0, 0.1) is 0 Å². The highest BCUT2D eigenvalue weighted by Gasteiger charge is 2.35. The molecule has 0 radical (unpaired) electrons. The van der Waals surface area contributed by atoms with Crippen LogP contribution in [-0.4, -0.2) is 0 Å². The summed E-state index contributed by atoms with van der Waals surface area (Å²) in [5.74, 6) is 0. The van der Waals surface area contributed by atoms with E-state index in [1.807, 2.05) is 0 Å². The first-order chi connectivity index (χ1) is 42.1. The number of hydrogen-bond acceptors (Lipinski definition) is 0. The maximum absolute atomic E-state index is 2.47. The quantitative estimate of drug-likeness (QED) is 0.154. The monoisotopic (exact) mass is 1310 g/mol. The van der Waals surface area contributed by atoms with Gasteiger partial charge in [0.25, 0.3) is 0 Å². The minimum atomic E-state index is 0.134. The van der Waals surface area contributed by atoms with Crippen LogP contribution in [0.2, 0.25) is 0 Å². The molecule has 0 aliphatic carbocycles. The Morgan fingerprint density at radius 2 is 0.385 bits per heavy atom. The molecule has 0 fully saturated rings. The van der Waals surface area contributed by atoms with Crippen LogP contribution in [0.3, 0.4) is 0 Å². The van der Waals surface area contributed by atoms with Gasteiger partial charge in [0.05, 0.1) is 0 Å². The Labute approximate surface area is 599 Å². The van der Waals surface area contributed by atoms with Crippen molar-refractivity contribution < 1.29 is 0 Å². The molecular formula is C96H154. The van der Waals surface area contributed by atoms with Crippen LogP contribution >= 0.6 is 0 Å². The van der Waals surface area contributed by atoms with Gasteiger partial charge in [-0.25, -0.2) is 0 Å². The van der Waals surface area contributed by atoms with Crippen molar-refractivity contribution in [2.45, 2.75) is 393 Å². The summed E-state index contributed by atoms with van der Waals surface area (Å²) < 4.78 is 0. The van der Waals surface area contributed by atoms with Crippen molar-refractivity contribution in [3.05, 3.63) is 199 Å². The Hall–Kier alpha value is -4.68. The summed E-state index contributed by atoms with van der Waals surface area (Å²) in [6.45, 7) is 104. The molecular weight excluding hydrogens is 1150 g/mol. The van der Waals surface area contributed by atoms with Crippen molar-refractivity contribution in [2.75, 3.05) is 0 Å². The van der Waals surface area contributed by atoms with Crippen molar-refractivity contribution in [1.82, 2.24) is 0 Å². The predicted octanol–water partition coefficient (Wildman–Crippen LogP) is 29.6.